The molecule has 0 radical (unpaired) electrons. The summed E-state index contributed by atoms with van der Waals surface area (Å²) in [5, 5.41) is 3.05. The Balaban J connectivity index is 1.68. The number of ketones is 2. The van der Waals surface area contributed by atoms with Gasteiger partial charge in [-0.2, -0.15) is 0 Å². The largest absolute Gasteiger partial charge is 0.352 e. The lowest BCUT2D eigenvalue weighted by atomic mass is 9.64. The second-order valence-corrected chi connectivity index (χ2v) is 10.9. The van der Waals surface area contributed by atoms with Crippen LogP contribution in [0, 0.1) is 12.8 Å². The number of nitrogens with one attached hydrogen (secondary N) is 1. The molecule has 0 aromatic heterocycles. The molecule has 4 atom stereocenters. The number of halogens is 1. The summed E-state index contributed by atoms with van der Waals surface area (Å²) in [6.45, 7) is 5.60. The lowest BCUT2D eigenvalue weighted by Gasteiger charge is -2.39. The van der Waals surface area contributed by atoms with Crippen LogP contribution in [-0.2, 0) is 15.0 Å². The van der Waals surface area contributed by atoms with E-state index in [-0.39, 0.29) is 17.5 Å². The molecule has 3 aliphatic heterocycles. The lowest BCUT2D eigenvalue weighted by molar-refractivity contribution is -0.122. The molecular formula is C30H25BrN2O3. The molecule has 0 saturated carbocycles. The van der Waals surface area contributed by atoms with E-state index in [0.717, 1.165) is 32.4 Å². The molecule has 36 heavy (non-hydrogen) atoms. The van der Waals surface area contributed by atoms with Crippen LogP contribution in [0.5, 0.6) is 0 Å². The fourth-order valence-corrected chi connectivity index (χ4v) is 6.76. The number of amides is 1. The maximum Gasteiger partial charge on any atom is 0.238 e. The Morgan fingerprint density at radius 3 is 2.44 bits per heavy atom. The molecule has 1 spiro atoms. The number of benzene rings is 3. The smallest absolute Gasteiger partial charge is 0.238 e. The zero-order valence-corrected chi connectivity index (χ0v) is 21.8. The number of fused-ring (bicyclic) bond motifs is 6. The molecule has 1 N–H and O–H groups in total. The fraction of sp³-hybridized carbons (Fsp3) is 0.233. The van der Waals surface area contributed by atoms with E-state index in [1.165, 1.54) is 6.92 Å². The quantitative estimate of drug-likeness (QED) is 0.432. The Labute approximate surface area is 218 Å². The van der Waals surface area contributed by atoms with E-state index < -0.39 is 23.4 Å². The van der Waals surface area contributed by atoms with Crippen LogP contribution < -0.4 is 10.2 Å². The van der Waals surface area contributed by atoms with E-state index in [9.17, 15) is 14.4 Å². The van der Waals surface area contributed by atoms with Crippen molar-refractivity contribution in [2.24, 2.45) is 5.92 Å². The molecular weight excluding hydrogens is 516 g/mol. The van der Waals surface area contributed by atoms with Gasteiger partial charge in [0.05, 0.1) is 18.0 Å². The third kappa shape index (κ3) is 2.97. The summed E-state index contributed by atoms with van der Waals surface area (Å²) in [5.74, 6) is -1.48. The number of Topliss-reactive ketones (excluding diaryl/α,β-unsaturated/α-hetero) is 2. The summed E-state index contributed by atoms with van der Waals surface area (Å²) >= 11 is 3.44. The first-order valence-electron chi connectivity index (χ1n) is 12.0. The summed E-state index contributed by atoms with van der Waals surface area (Å²) in [6.07, 6.45) is 2.08. The van der Waals surface area contributed by atoms with Gasteiger partial charge in [-0.15, -0.1) is 0 Å². The Morgan fingerprint density at radius 2 is 1.72 bits per heavy atom. The van der Waals surface area contributed by atoms with E-state index in [1.54, 1.807) is 12.1 Å². The second-order valence-electron chi connectivity index (χ2n) is 10.00. The summed E-state index contributed by atoms with van der Waals surface area (Å²) in [6, 6.07) is 19.5. The van der Waals surface area contributed by atoms with Crippen molar-refractivity contribution < 1.29 is 14.4 Å². The highest BCUT2D eigenvalue weighted by Crippen LogP contribution is 2.58. The van der Waals surface area contributed by atoms with Crippen LogP contribution >= 0.6 is 15.9 Å². The minimum absolute atomic E-state index is 0.135. The number of anilines is 2. The zero-order valence-electron chi connectivity index (χ0n) is 20.2. The minimum atomic E-state index is -1.25. The summed E-state index contributed by atoms with van der Waals surface area (Å²) in [5.41, 5.74) is 4.75. The number of carbonyl (C=O) groups is 3. The molecule has 180 valence electrons. The highest BCUT2D eigenvalue weighted by Gasteiger charge is 2.70. The third-order valence-electron chi connectivity index (χ3n) is 7.96. The van der Waals surface area contributed by atoms with Crippen molar-refractivity contribution in [2.45, 2.75) is 38.3 Å². The average Bonchev–Trinajstić information content (AvgIpc) is 3.32. The van der Waals surface area contributed by atoms with Gasteiger partial charge in [0.15, 0.2) is 11.6 Å². The molecule has 5 nitrogen and oxygen atoms in total. The molecule has 6 heteroatoms. The second kappa shape index (κ2) is 8.00. The Hall–Kier alpha value is -3.51. The van der Waals surface area contributed by atoms with Gasteiger partial charge in [0.25, 0.3) is 0 Å². The van der Waals surface area contributed by atoms with Crippen molar-refractivity contribution in [3.63, 3.8) is 0 Å². The van der Waals surface area contributed by atoms with Crippen molar-refractivity contribution in [1.82, 2.24) is 0 Å². The predicted octanol–water partition coefficient (Wildman–Crippen LogP) is 5.71. The van der Waals surface area contributed by atoms with Crippen LogP contribution in [-0.4, -0.2) is 29.6 Å². The first-order valence-corrected chi connectivity index (χ1v) is 12.8. The number of para-hydroxylation sites is 1. The molecule has 0 bridgehead atoms. The highest BCUT2D eigenvalue weighted by atomic mass is 79.9. The van der Waals surface area contributed by atoms with E-state index >= 15 is 0 Å². The number of allylic oxidation sites excluding steroid dienone is 1. The number of hydrogen-bond donors (Lipinski definition) is 1. The van der Waals surface area contributed by atoms with Crippen LogP contribution in [0.25, 0.3) is 5.57 Å². The number of aryl methyl sites for hydroxylation is 1. The number of nitrogens with zero attached hydrogens (tertiary/aromatic N) is 1. The lowest BCUT2D eigenvalue weighted by Crippen LogP contribution is -2.51. The normalized spacial score (nSPS) is 25.7. The van der Waals surface area contributed by atoms with E-state index in [2.05, 4.69) is 33.4 Å². The van der Waals surface area contributed by atoms with Gasteiger partial charge >= 0.3 is 0 Å². The van der Waals surface area contributed by atoms with Crippen molar-refractivity contribution >= 4 is 50.4 Å². The number of carbonyl (C=O) groups excluding carboxylic acids is 3. The van der Waals surface area contributed by atoms with E-state index in [0.29, 0.717) is 11.3 Å². The third-order valence-corrected chi connectivity index (χ3v) is 8.49. The molecule has 3 aliphatic rings. The van der Waals surface area contributed by atoms with Crippen LogP contribution in [0.2, 0.25) is 0 Å². The Morgan fingerprint density at radius 1 is 1.00 bits per heavy atom. The van der Waals surface area contributed by atoms with Crippen LogP contribution in [0.15, 0.2) is 77.3 Å². The van der Waals surface area contributed by atoms with Gasteiger partial charge < -0.3 is 10.2 Å². The average molecular weight is 541 g/mol. The summed E-state index contributed by atoms with van der Waals surface area (Å²) in [4.78, 5) is 44.0. The molecule has 0 unspecified atom stereocenters. The van der Waals surface area contributed by atoms with Crippen LogP contribution in [0.4, 0.5) is 11.4 Å². The maximum absolute atomic E-state index is 14.4. The SMILES string of the molecule is CC(=O)[C@@H]1[C@H](C(=O)c2ccc(Br)cc2)[C@@]2(C(=O)Nc3ccccc32)[C@@H]2C=C(C)c3cc(C)ccc3N12. The number of hydrogen-bond acceptors (Lipinski definition) is 4. The van der Waals surface area contributed by atoms with E-state index in [1.807, 2.05) is 67.3 Å². The van der Waals surface area contributed by atoms with Gasteiger partial charge in [0, 0.05) is 27.0 Å². The van der Waals surface area contributed by atoms with Crippen LogP contribution in [0.3, 0.4) is 0 Å². The maximum atomic E-state index is 14.4. The molecule has 3 heterocycles. The molecule has 6 rings (SSSR count). The van der Waals surface area contributed by atoms with Crippen LogP contribution in [0.1, 0.15) is 40.9 Å². The summed E-state index contributed by atoms with van der Waals surface area (Å²) < 4.78 is 0.854. The molecule has 3 aromatic rings. The monoisotopic (exact) mass is 540 g/mol. The first-order chi connectivity index (χ1) is 17.2. The van der Waals surface area contributed by atoms with Gasteiger partial charge in [-0.25, -0.2) is 0 Å². The van der Waals surface area contributed by atoms with Crippen molar-refractivity contribution in [3.8, 4) is 0 Å². The first kappa shape index (κ1) is 22.9. The Bertz CT molecular complexity index is 1490. The molecule has 1 amide bonds. The number of rotatable bonds is 3. The van der Waals surface area contributed by atoms with Crippen molar-refractivity contribution in [2.75, 3.05) is 10.2 Å². The Kier molecular flexibility index (Phi) is 5.09. The summed E-state index contributed by atoms with van der Waals surface area (Å²) in [7, 11) is 0. The fourth-order valence-electron chi connectivity index (χ4n) is 6.49. The molecule has 1 fully saturated rings. The van der Waals surface area contributed by atoms with Gasteiger partial charge in [-0.3, -0.25) is 14.4 Å². The van der Waals surface area contributed by atoms with E-state index in [4.69, 9.17) is 0 Å². The minimum Gasteiger partial charge on any atom is -0.352 e. The molecule has 3 aromatic carbocycles. The molecule has 1 saturated heterocycles. The standard InChI is InChI=1S/C30H25BrN2O3/c1-16-8-13-24-21(14-16)17(2)15-25-30(22-6-4-5-7-23(22)32-29(30)36)26(27(18(3)34)33(24)25)28(35)19-9-11-20(31)12-10-19/h4-15,25-27H,1-3H3,(H,32,36)/t25-,26+,27+,30-/m0/s1. The topological polar surface area (TPSA) is 66.5 Å². The predicted molar refractivity (Wildman–Crippen MR) is 144 cm³/mol. The van der Waals surface area contributed by atoms with Gasteiger partial charge in [-0.1, -0.05) is 64.0 Å². The van der Waals surface area contributed by atoms with Crippen molar-refractivity contribution in [3.05, 3.63) is 99.5 Å². The van der Waals surface area contributed by atoms with Gasteiger partial charge in [-0.05, 0) is 62.2 Å². The van der Waals surface area contributed by atoms with Gasteiger partial charge in [0.1, 0.15) is 5.41 Å². The highest BCUT2D eigenvalue weighted by molar-refractivity contribution is 9.10. The zero-order chi connectivity index (χ0) is 25.4. The van der Waals surface area contributed by atoms with Gasteiger partial charge in [0.2, 0.25) is 5.91 Å². The molecule has 0 aliphatic carbocycles. The van der Waals surface area contributed by atoms with Crippen molar-refractivity contribution in [1.29, 1.82) is 0 Å².